The lowest BCUT2D eigenvalue weighted by Gasteiger charge is -2.57. The van der Waals surface area contributed by atoms with Gasteiger partial charge in [-0.2, -0.15) is 0 Å². The van der Waals surface area contributed by atoms with Gasteiger partial charge in [0, 0.05) is 5.38 Å². The fourth-order valence-corrected chi connectivity index (χ4v) is 6.43. The summed E-state index contributed by atoms with van der Waals surface area (Å²) in [6.45, 7) is 0.448. The molecular weight excluding hydrogens is 354 g/mol. The van der Waals surface area contributed by atoms with Crippen LogP contribution in [0, 0.1) is 23.2 Å². The average molecular weight is 379 g/mol. The van der Waals surface area contributed by atoms with Crippen molar-refractivity contribution in [3.63, 3.8) is 0 Å². The molecule has 0 aromatic carbocycles. The van der Waals surface area contributed by atoms with Gasteiger partial charge < -0.3 is 4.74 Å². The van der Waals surface area contributed by atoms with Gasteiger partial charge in [-0.15, -0.1) is 11.3 Å². The Bertz CT molecular complexity index is 654. The maximum absolute atomic E-state index is 12.0. The Kier molecular flexibility index (Phi) is 4.88. The van der Waals surface area contributed by atoms with Crippen LogP contribution in [0.1, 0.15) is 50.6 Å². The van der Waals surface area contributed by atoms with Gasteiger partial charge in [-0.1, -0.05) is 0 Å². The molecule has 4 fully saturated rings. The predicted octanol–water partition coefficient (Wildman–Crippen LogP) is 3.35. The van der Waals surface area contributed by atoms with E-state index in [1.54, 1.807) is 10.9 Å². The zero-order valence-electron chi connectivity index (χ0n) is 14.7. The van der Waals surface area contributed by atoms with Gasteiger partial charge in [-0.3, -0.25) is 15.3 Å². The Hall–Kier alpha value is -1.67. The number of hydrogen-bond donors (Lipinski definition) is 3. The Morgan fingerprint density at radius 1 is 1.23 bits per heavy atom. The van der Waals surface area contributed by atoms with Crippen LogP contribution in [-0.4, -0.2) is 28.8 Å². The van der Waals surface area contributed by atoms with E-state index in [0.717, 1.165) is 24.2 Å². The quantitative estimate of drug-likeness (QED) is 0.520. The van der Waals surface area contributed by atoms with Gasteiger partial charge in [0.05, 0.1) is 18.7 Å². The number of aromatic nitrogens is 1. The zero-order valence-corrected chi connectivity index (χ0v) is 15.5. The molecule has 0 saturated heterocycles. The van der Waals surface area contributed by atoms with Crippen molar-refractivity contribution in [2.24, 2.45) is 23.2 Å². The van der Waals surface area contributed by atoms with Crippen LogP contribution >= 0.6 is 11.3 Å². The minimum atomic E-state index is -0.542. The van der Waals surface area contributed by atoms with Crippen molar-refractivity contribution in [3.05, 3.63) is 11.1 Å². The largest absolute Gasteiger partial charge is 0.449 e. The van der Waals surface area contributed by atoms with Crippen molar-refractivity contribution in [2.45, 2.75) is 51.4 Å². The molecule has 4 saturated carbocycles. The standard InChI is InChI=1S/C18H25N3O4S/c22-15(21-24)6-14-10-26-16(19-14)20-17(23)25-2-1-18-7-11-3-12(8-18)5-13(4-11)9-18/h10-13,24H,1-9H2,(H,21,22)(H,19,20,23). The highest BCUT2D eigenvalue weighted by molar-refractivity contribution is 7.13. The summed E-state index contributed by atoms with van der Waals surface area (Å²) >= 11 is 1.23. The first-order valence-electron chi connectivity index (χ1n) is 9.35. The number of nitrogens with zero attached hydrogens (tertiary/aromatic N) is 1. The van der Waals surface area contributed by atoms with Crippen molar-refractivity contribution < 1.29 is 19.5 Å². The van der Waals surface area contributed by atoms with Gasteiger partial charge in [0.2, 0.25) is 5.91 Å². The lowest BCUT2D eigenvalue weighted by atomic mass is 9.49. The first-order valence-corrected chi connectivity index (χ1v) is 10.2. The Morgan fingerprint density at radius 3 is 2.50 bits per heavy atom. The molecule has 0 spiro atoms. The van der Waals surface area contributed by atoms with E-state index in [0.29, 0.717) is 22.8 Å². The molecule has 8 heteroatoms. The lowest BCUT2D eigenvalue weighted by Crippen LogP contribution is -2.46. The summed E-state index contributed by atoms with van der Waals surface area (Å²) in [5, 5.41) is 13.2. The molecule has 0 radical (unpaired) electrons. The molecular formula is C18H25N3O4S. The molecule has 3 N–H and O–H groups in total. The summed E-state index contributed by atoms with van der Waals surface area (Å²) in [4.78, 5) is 27.2. The van der Waals surface area contributed by atoms with Crippen LogP contribution in [0.4, 0.5) is 9.93 Å². The molecule has 1 aromatic heterocycles. The fourth-order valence-electron chi connectivity index (χ4n) is 5.73. The van der Waals surface area contributed by atoms with E-state index in [2.05, 4.69) is 10.3 Å². The van der Waals surface area contributed by atoms with Crippen molar-refractivity contribution >= 4 is 28.5 Å². The first-order chi connectivity index (χ1) is 12.5. The third kappa shape index (κ3) is 3.86. The summed E-state index contributed by atoms with van der Waals surface area (Å²) in [6, 6.07) is 0. The van der Waals surface area contributed by atoms with E-state index >= 15 is 0 Å². The number of ether oxygens (including phenoxy) is 1. The van der Waals surface area contributed by atoms with Gasteiger partial charge in [-0.25, -0.2) is 15.3 Å². The van der Waals surface area contributed by atoms with Gasteiger partial charge in [0.1, 0.15) is 0 Å². The number of amides is 2. The lowest BCUT2D eigenvalue weighted by molar-refractivity contribution is -0.128. The highest BCUT2D eigenvalue weighted by Crippen LogP contribution is 2.61. The molecule has 26 heavy (non-hydrogen) atoms. The molecule has 4 aliphatic carbocycles. The monoisotopic (exact) mass is 379 g/mol. The molecule has 4 aliphatic rings. The number of nitrogens with one attached hydrogen (secondary N) is 2. The SMILES string of the molecule is O=C(Cc1csc(NC(=O)OCCC23CC4CC(CC(C4)C2)C3)n1)NO. The van der Waals surface area contributed by atoms with Crippen molar-refractivity contribution in [2.75, 3.05) is 11.9 Å². The topological polar surface area (TPSA) is 101 Å². The maximum atomic E-state index is 12.0. The van der Waals surface area contributed by atoms with Crippen LogP contribution in [0.3, 0.4) is 0 Å². The van der Waals surface area contributed by atoms with Crippen LogP contribution in [0.2, 0.25) is 0 Å². The maximum Gasteiger partial charge on any atom is 0.413 e. The summed E-state index contributed by atoms with van der Waals surface area (Å²) in [6.07, 6.45) is 8.62. The third-order valence-corrected chi connectivity index (χ3v) is 7.06. The summed E-state index contributed by atoms with van der Waals surface area (Å²) in [5.41, 5.74) is 2.45. The summed E-state index contributed by atoms with van der Waals surface area (Å²) in [5.74, 6) is 2.17. The van der Waals surface area contributed by atoms with E-state index in [4.69, 9.17) is 9.94 Å². The number of rotatable bonds is 6. The number of thiazole rings is 1. The fraction of sp³-hybridized carbons (Fsp3) is 0.722. The molecule has 4 bridgehead atoms. The molecule has 0 aliphatic heterocycles. The molecule has 1 aromatic rings. The van der Waals surface area contributed by atoms with Crippen molar-refractivity contribution in [1.29, 1.82) is 0 Å². The van der Waals surface area contributed by atoms with Gasteiger partial charge in [0.15, 0.2) is 5.13 Å². The van der Waals surface area contributed by atoms with E-state index < -0.39 is 12.0 Å². The Morgan fingerprint density at radius 2 is 1.88 bits per heavy atom. The smallest absolute Gasteiger partial charge is 0.413 e. The van der Waals surface area contributed by atoms with E-state index in [1.165, 1.54) is 49.9 Å². The molecule has 7 nitrogen and oxygen atoms in total. The van der Waals surface area contributed by atoms with E-state index in [1.807, 2.05) is 0 Å². The summed E-state index contributed by atoms with van der Waals surface area (Å²) in [7, 11) is 0. The average Bonchev–Trinajstić information content (AvgIpc) is 3.00. The normalized spacial score (nSPS) is 31.7. The second-order valence-corrected chi connectivity index (χ2v) is 9.14. The van der Waals surface area contributed by atoms with Gasteiger partial charge in [-0.05, 0) is 68.1 Å². The zero-order chi connectivity index (χ0) is 18.1. The Balaban J connectivity index is 1.23. The molecule has 1 heterocycles. The number of anilines is 1. The second-order valence-electron chi connectivity index (χ2n) is 8.28. The first kappa shape index (κ1) is 17.7. The molecule has 142 valence electrons. The highest BCUT2D eigenvalue weighted by atomic mass is 32.1. The summed E-state index contributed by atoms with van der Waals surface area (Å²) < 4.78 is 5.39. The number of carbonyl (C=O) groups excluding carboxylic acids is 2. The van der Waals surface area contributed by atoms with Gasteiger partial charge >= 0.3 is 6.09 Å². The number of hydrogen-bond acceptors (Lipinski definition) is 6. The third-order valence-electron chi connectivity index (χ3n) is 6.26. The van der Waals surface area contributed by atoms with Crippen molar-refractivity contribution in [3.8, 4) is 0 Å². The van der Waals surface area contributed by atoms with E-state index in [-0.39, 0.29) is 6.42 Å². The number of hydroxylamine groups is 1. The van der Waals surface area contributed by atoms with Crippen molar-refractivity contribution in [1.82, 2.24) is 10.5 Å². The number of carbonyl (C=O) groups is 2. The molecule has 0 unspecified atom stereocenters. The van der Waals surface area contributed by atoms with Gasteiger partial charge in [0.25, 0.3) is 0 Å². The highest BCUT2D eigenvalue weighted by Gasteiger charge is 2.50. The second kappa shape index (κ2) is 7.15. The predicted molar refractivity (Wildman–Crippen MR) is 95.9 cm³/mol. The molecule has 0 atom stereocenters. The Labute approximate surface area is 156 Å². The minimum absolute atomic E-state index is 0.0320. The molecule has 2 amide bonds. The van der Waals surface area contributed by atoms with Crippen LogP contribution in [-0.2, 0) is 16.0 Å². The minimum Gasteiger partial charge on any atom is -0.449 e. The van der Waals surface area contributed by atoms with E-state index in [9.17, 15) is 9.59 Å². The van der Waals surface area contributed by atoms with Crippen LogP contribution < -0.4 is 10.8 Å². The van der Waals surface area contributed by atoms with Crippen LogP contribution in [0.25, 0.3) is 0 Å². The molecule has 5 rings (SSSR count). The van der Waals surface area contributed by atoms with Crippen LogP contribution in [0.5, 0.6) is 0 Å². The van der Waals surface area contributed by atoms with Crippen LogP contribution in [0.15, 0.2) is 5.38 Å².